The van der Waals surface area contributed by atoms with Crippen LogP contribution < -0.4 is 0 Å². The molecule has 0 aliphatic heterocycles. The van der Waals surface area contributed by atoms with E-state index in [1.807, 2.05) is 62.4 Å². The van der Waals surface area contributed by atoms with E-state index in [1.165, 1.54) is 17.3 Å². The van der Waals surface area contributed by atoms with Crippen molar-refractivity contribution in [3.63, 3.8) is 0 Å². The molecule has 0 spiro atoms. The molecule has 0 radical (unpaired) electrons. The predicted octanol–water partition coefficient (Wildman–Crippen LogP) is 5.61. The van der Waals surface area contributed by atoms with E-state index in [1.54, 1.807) is 0 Å². The van der Waals surface area contributed by atoms with E-state index in [-0.39, 0.29) is 0 Å². The van der Waals surface area contributed by atoms with E-state index in [4.69, 9.17) is 13.9 Å². The average molecular weight is 444 g/mol. The van der Waals surface area contributed by atoms with Crippen LogP contribution in [0.4, 0.5) is 0 Å². The molecule has 2 aromatic carbocycles. The van der Waals surface area contributed by atoms with E-state index in [0.29, 0.717) is 29.0 Å². The van der Waals surface area contributed by atoms with Gasteiger partial charge in [0.15, 0.2) is 5.16 Å². The highest BCUT2D eigenvalue weighted by atomic mass is 32.2. The highest BCUT2D eigenvalue weighted by molar-refractivity contribution is 7.98. The number of aryl methyl sites for hydroxylation is 2. The molecule has 3 aromatic heterocycles. The SMILES string of the molecule is Cc1[nH]c(SCc2nnc(-c3c(-c4ccccc4)noc3C)o2)nc1Cc1ccccc1. The minimum absolute atomic E-state index is 0.401. The lowest BCUT2D eigenvalue weighted by atomic mass is 10.1. The zero-order valence-corrected chi connectivity index (χ0v) is 18.5. The van der Waals surface area contributed by atoms with Crippen molar-refractivity contribution in [3.8, 4) is 22.7 Å². The lowest BCUT2D eigenvalue weighted by Crippen LogP contribution is -1.90. The Kier molecular flexibility index (Phi) is 5.60. The fourth-order valence-electron chi connectivity index (χ4n) is 3.46. The van der Waals surface area contributed by atoms with Gasteiger partial charge in [-0.05, 0) is 19.4 Å². The smallest absolute Gasteiger partial charge is 0.253 e. The van der Waals surface area contributed by atoms with E-state index < -0.39 is 0 Å². The third-order valence-corrected chi connectivity index (χ3v) is 5.96. The molecule has 160 valence electrons. The van der Waals surface area contributed by atoms with E-state index in [9.17, 15) is 0 Å². The zero-order valence-electron chi connectivity index (χ0n) is 17.7. The second kappa shape index (κ2) is 8.84. The summed E-state index contributed by atoms with van der Waals surface area (Å²) in [6.45, 7) is 3.88. The second-order valence-corrected chi connectivity index (χ2v) is 8.36. The molecule has 0 aliphatic rings. The Morgan fingerprint density at radius 3 is 2.47 bits per heavy atom. The Balaban J connectivity index is 1.30. The zero-order chi connectivity index (χ0) is 21.9. The van der Waals surface area contributed by atoms with Crippen LogP contribution in [-0.2, 0) is 12.2 Å². The van der Waals surface area contributed by atoms with Crippen molar-refractivity contribution in [2.75, 3.05) is 0 Å². The first-order valence-electron chi connectivity index (χ1n) is 10.2. The normalized spacial score (nSPS) is 11.2. The number of aromatic amines is 1. The van der Waals surface area contributed by atoms with Crippen molar-refractivity contribution >= 4 is 11.8 Å². The van der Waals surface area contributed by atoms with Gasteiger partial charge < -0.3 is 13.9 Å². The van der Waals surface area contributed by atoms with Crippen LogP contribution >= 0.6 is 11.8 Å². The molecular weight excluding hydrogens is 422 g/mol. The number of thioether (sulfide) groups is 1. The first-order valence-corrected chi connectivity index (χ1v) is 11.2. The average Bonchev–Trinajstić information content (AvgIpc) is 3.52. The first kappa shape index (κ1) is 20.3. The summed E-state index contributed by atoms with van der Waals surface area (Å²) in [7, 11) is 0. The molecule has 0 amide bonds. The van der Waals surface area contributed by atoms with Crippen molar-refractivity contribution in [1.82, 2.24) is 25.3 Å². The van der Waals surface area contributed by atoms with Gasteiger partial charge in [-0.15, -0.1) is 10.2 Å². The molecule has 8 heteroatoms. The first-order chi connectivity index (χ1) is 15.7. The molecule has 0 atom stereocenters. The number of hydrogen-bond acceptors (Lipinski definition) is 7. The van der Waals surface area contributed by atoms with E-state index in [0.717, 1.165) is 34.1 Å². The molecular formula is C24H21N5O2S. The maximum absolute atomic E-state index is 5.94. The summed E-state index contributed by atoms with van der Waals surface area (Å²) in [5, 5.41) is 13.5. The highest BCUT2D eigenvalue weighted by Crippen LogP contribution is 2.34. The molecule has 0 saturated carbocycles. The van der Waals surface area contributed by atoms with E-state index in [2.05, 4.69) is 32.5 Å². The Hall–Kier alpha value is -3.65. The number of benzene rings is 2. The molecule has 0 saturated heterocycles. The number of imidazole rings is 1. The third-order valence-electron chi connectivity index (χ3n) is 5.10. The largest absolute Gasteiger partial charge is 0.420 e. The van der Waals surface area contributed by atoms with Gasteiger partial charge >= 0.3 is 0 Å². The number of rotatable bonds is 7. The lowest BCUT2D eigenvalue weighted by molar-refractivity contribution is 0.399. The van der Waals surface area contributed by atoms with Crippen LogP contribution in [-0.4, -0.2) is 25.3 Å². The van der Waals surface area contributed by atoms with Gasteiger partial charge in [-0.2, -0.15) is 0 Å². The van der Waals surface area contributed by atoms with Crippen molar-refractivity contribution < 1.29 is 8.94 Å². The van der Waals surface area contributed by atoms with Gasteiger partial charge in [-0.1, -0.05) is 77.6 Å². The molecule has 3 heterocycles. The highest BCUT2D eigenvalue weighted by Gasteiger charge is 2.22. The molecule has 0 bridgehead atoms. The van der Waals surface area contributed by atoms with Gasteiger partial charge in [0.2, 0.25) is 5.89 Å². The molecule has 0 fully saturated rings. The minimum Gasteiger partial charge on any atom is -0.420 e. The molecule has 1 N–H and O–H groups in total. The van der Waals surface area contributed by atoms with E-state index >= 15 is 0 Å². The van der Waals surface area contributed by atoms with Crippen LogP contribution in [0.15, 0.2) is 74.8 Å². The van der Waals surface area contributed by atoms with Gasteiger partial charge in [-0.25, -0.2) is 4.98 Å². The number of aromatic nitrogens is 5. The summed E-state index contributed by atoms with van der Waals surface area (Å²) in [4.78, 5) is 8.08. The maximum Gasteiger partial charge on any atom is 0.253 e. The van der Waals surface area contributed by atoms with Crippen molar-refractivity contribution in [2.24, 2.45) is 0 Å². The topological polar surface area (TPSA) is 93.6 Å². The monoisotopic (exact) mass is 443 g/mol. The van der Waals surface area contributed by atoms with Crippen LogP contribution in [0.5, 0.6) is 0 Å². The fraction of sp³-hybridized carbons (Fsp3) is 0.167. The molecule has 5 rings (SSSR count). The second-order valence-electron chi connectivity index (χ2n) is 7.39. The molecule has 32 heavy (non-hydrogen) atoms. The lowest BCUT2D eigenvalue weighted by Gasteiger charge is -1.98. The number of hydrogen-bond donors (Lipinski definition) is 1. The quantitative estimate of drug-likeness (QED) is 0.327. The number of nitrogens with one attached hydrogen (secondary N) is 1. The summed E-state index contributed by atoms with van der Waals surface area (Å²) in [5.41, 5.74) is 5.69. The Bertz CT molecular complexity index is 1330. The van der Waals surface area contributed by atoms with Crippen LogP contribution in [0.1, 0.15) is 28.6 Å². The van der Waals surface area contributed by atoms with Gasteiger partial charge in [0.1, 0.15) is 17.0 Å². The van der Waals surface area contributed by atoms with Gasteiger partial charge in [0, 0.05) is 17.7 Å². The molecule has 0 aliphatic carbocycles. The third kappa shape index (κ3) is 4.22. The van der Waals surface area contributed by atoms with Crippen molar-refractivity contribution in [3.05, 3.63) is 89.3 Å². The van der Waals surface area contributed by atoms with Crippen LogP contribution in [0, 0.1) is 13.8 Å². The van der Waals surface area contributed by atoms with Crippen molar-refractivity contribution in [1.29, 1.82) is 0 Å². The molecule has 7 nitrogen and oxygen atoms in total. The summed E-state index contributed by atoms with van der Waals surface area (Å²) in [6, 6.07) is 20.1. The minimum atomic E-state index is 0.401. The van der Waals surface area contributed by atoms with Gasteiger partial charge in [0.25, 0.3) is 5.89 Å². The summed E-state index contributed by atoms with van der Waals surface area (Å²) in [6.07, 6.45) is 0.795. The van der Waals surface area contributed by atoms with Crippen LogP contribution in [0.2, 0.25) is 0 Å². The Morgan fingerprint density at radius 1 is 0.938 bits per heavy atom. The number of H-pyrrole nitrogens is 1. The maximum atomic E-state index is 5.94. The summed E-state index contributed by atoms with van der Waals surface area (Å²) in [5.74, 6) is 2.07. The van der Waals surface area contributed by atoms with Crippen LogP contribution in [0.3, 0.4) is 0 Å². The van der Waals surface area contributed by atoms with Gasteiger partial charge in [0.05, 0.1) is 11.4 Å². The summed E-state index contributed by atoms with van der Waals surface area (Å²) < 4.78 is 11.4. The summed E-state index contributed by atoms with van der Waals surface area (Å²) >= 11 is 1.53. The molecule has 5 aromatic rings. The fourth-order valence-corrected chi connectivity index (χ4v) is 4.23. The Morgan fingerprint density at radius 2 is 1.69 bits per heavy atom. The van der Waals surface area contributed by atoms with Crippen molar-refractivity contribution in [2.45, 2.75) is 31.2 Å². The van der Waals surface area contributed by atoms with Gasteiger partial charge in [-0.3, -0.25) is 0 Å². The Labute approximate surface area is 189 Å². The molecule has 0 unspecified atom stereocenters. The predicted molar refractivity (Wildman–Crippen MR) is 122 cm³/mol. The van der Waals surface area contributed by atoms with Crippen LogP contribution in [0.25, 0.3) is 22.7 Å². The standard InChI is InChI=1S/C24H21N5O2S/c1-15-19(13-17-9-5-3-6-10-17)26-24(25-15)32-14-20-27-28-23(30-20)21-16(2)31-29-22(21)18-11-7-4-8-12-18/h3-12H,13-14H2,1-2H3,(H,25,26). The number of nitrogens with zero attached hydrogens (tertiary/aromatic N) is 4.